The molecule has 3 N–H and O–H groups in total. The Morgan fingerprint density at radius 3 is 2.53 bits per heavy atom. The molecule has 100 valence electrons. The van der Waals surface area contributed by atoms with Crippen LogP contribution in [0.25, 0.3) is 0 Å². The Balaban J connectivity index is 1.90. The number of thioether (sulfide) groups is 1. The van der Waals surface area contributed by atoms with Crippen molar-refractivity contribution in [3.63, 3.8) is 0 Å². The van der Waals surface area contributed by atoms with Crippen LogP contribution in [-0.2, 0) is 5.75 Å². The van der Waals surface area contributed by atoms with Crippen LogP contribution >= 0.6 is 11.8 Å². The number of nitrogen functional groups attached to an aromatic ring is 1. The summed E-state index contributed by atoms with van der Waals surface area (Å²) in [6.45, 7) is 2.11. The fourth-order valence-corrected chi connectivity index (χ4v) is 3.02. The van der Waals surface area contributed by atoms with E-state index in [2.05, 4.69) is 25.1 Å². The minimum atomic E-state index is -0.504. The van der Waals surface area contributed by atoms with Crippen LogP contribution in [0.15, 0.2) is 48.5 Å². The SMILES string of the molecule is Cc1ccccc1CSCC(O)c1ccccc1N. The van der Waals surface area contributed by atoms with E-state index in [1.165, 1.54) is 11.1 Å². The lowest BCUT2D eigenvalue weighted by molar-refractivity contribution is 0.205. The van der Waals surface area contributed by atoms with Gasteiger partial charge in [-0.3, -0.25) is 0 Å². The Morgan fingerprint density at radius 1 is 1.11 bits per heavy atom. The number of hydrogen-bond donors (Lipinski definition) is 2. The highest BCUT2D eigenvalue weighted by molar-refractivity contribution is 7.98. The molecule has 0 saturated heterocycles. The summed E-state index contributed by atoms with van der Waals surface area (Å²) in [4.78, 5) is 0. The van der Waals surface area contributed by atoms with Crippen molar-refractivity contribution in [2.75, 3.05) is 11.5 Å². The summed E-state index contributed by atoms with van der Waals surface area (Å²) in [6, 6.07) is 15.8. The second kappa shape index (κ2) is 6.64. The molecule has 0 amide bonds. The molecule has 0 spiro atoms. The predicted molar refractivity (Wildman–Crippen MR) is 83.2 cm³/mol. The second-order valence-corrected chi connectivity index (χ2v) is 5.62. The number of aryl methyl sites for hydroxylation is 1. The van der Waals surface area contributed by atoms with Crippen molar-refractivity contribution in [2.24, 2.45) is 0 Å². The molecule has 1 atom stereocenters. The van der Waals surface area contributed by atoms with Crippen molar-refractivity contribution in [1.82, 2.24) is 0 Å². The molecule has 0 aromatic heterocycles. The number of para-hydroxylation sites is 1. The van der Waals surface area contributed by atoms with Gasteiger partial charge in [-0.25, -0.2) is 0 Å². The Labute approximate surface area is 118 Å². The zero-order chi connectivity index (χ0) is 13.7. The number of benzene rings is 2. The molecule has 0 saturated carbocycles. The van der Waals surface area contributed by atoms with E-state index in [-0.39, 0.29) is 0 Å². The van der Waals surface area contributed by atoms with E-state index in [4.69, 9.17) is 5.73 Å². The lowest BCUT2D eigenvalue weighted by Crippen LogP contribution is -2.04. The maximum absolute atomic E-state index is 10.1. The van der Waals surface area contributed by atoms with Gasteiger partial charge >= 0.3 is 0 Å². The van der Waals surface area contributed by atoms with Crippen LogP contribution in [-0.4, -0.2) is 10.9 Å². The van der Waals surface area contributed by atoms with Gasteiger partial charge < -0.3 is 10.8 Å². The van der Waals surface area contributed by atoms with E-state index >= 15 is 0 Å². The number of aliphatic hydroxyl groups excluding tert-OH is 1. The van der Waals surface area contributed by atoms with Gasteiger partial charge in [0.2, 0.25) is 0 Å². The van der Waals surface area contributed by atoms with Gasteiger partial charge in [-0.05, 0) is 24.1 Å². The molecular weight excluding hydrogens is 254 g/mol. The minimum Gasteiger partial charge on any atom is -0.398 e. The van der Waals surface area contributed by atoms with Crippen LogP contribution in [0.5, 0.6) is 0 Å². The summed E-state index contributed by atoms with van der Waals surface area (Å²) in [5, 5.41) is 10.1. The number of rotatable bonds is 5. The molecule has 2 aromatic carbocycles. The van der Waals surface area contributed by atoms with Gasteiger partial charge in [-0.2, -0.15) is 11.8 Å². The van der Waals surface area contributed by atoms with E-state index < -0.39 is 6.10 Å². The zero-order valence-electron chi connectivity index (χ0n) is 11.0. The first-order chi connectivity index (χ1) is 9.18. The first-order valence-electron chi connectivity index (χ1n) is 6.33. The number of hydrogen-bond acceptors (Lipinski definition) is 3. The molecule has 0 aliphatic carbocycles. The molecule has 0 fully saturated rings. The van der Waals surface area contributed by atoms with Crippen LogP contribution in [0.2, 0.25) is 0 Å². The smallest absolute Gasteiger partial charge is 0.0900 e. The predicted octanol–water partition coefficient (Wildman–Crippen LogP) is 3.54. The maximum atomic E-state index is 10.1. The first kappa shape index (κ1) is 14.0. The number of anilines is 1. The summed E-state index contributed by atoms with van der Waals surface area (Å²) in [5.41, 5.74) is 9.95. The van der Waals surface area contributed by atoms with Crippen molar-refractivity contribution < 1.29 is 5.11 Å². The molecule has 0 heterocycles. The van der Waals surface area contributed by atoms with E-state index in [0.29, 0.717) is 11.4 Å². The highest BCUT2D eigenvalue weighted by Gasteiger charge is 2.10. The van der Waals surface area contributed by atoms with Gasteiger partial charge in [0.15, 0.2) is 0 Å². The van der Waals surface area contributed by atoms with Crippen molar-refractivity contribution in [2.45, 2.75) is 18.8 Å². The van der Waals surface area contributed by atoms with Gasteiger partial charge in [0.1, 0.15) is 0 Å². The molecule has 1 unspecified atom stereocenters. The van der Waals surface area contributed by atoms with Gasteiger partial charge in [0, 0.05) is 22.8 Å². The third-order valence-corrected chi connectivity index (χ3v) is 4.22. The monoisotopic (exact) mass is 273 g/mol. The average Bonchev–Trinajstić information content (AvgIpc) is 2.41. The van der Waals surface area contributed by atoms with E-state index in [1.54, 1.807) is 11.8 Å². The first-order valence-corrected chi connectivity index (χ1v) is 7.48. The topological polar surface area (TPSA) is 46.2 Å². The molecule has 0 aliphatic heterocycles. The highest BCUT2D eigenvalue weighted by atomic mass is 32.2. The van der Waals surface area contributed by atoms with E-state index in [9.17, 15) is 5.11 Å². The summed E-state index contributed by atoms with van der Waals surface area (Å²) < 4.78 is 0. The third-order valence-electron chi connectivity index (χ3n) is 3.15. The van der Waals surface area contributed by atoms with Crippen molar-refractivity contribution in [3.05, 3.63) is 65.2 Å². The van der Waals surface area contributed by atoms with Crippen molar-refractivity contribution in [1.29, 1.82) is 0 Å². The molecule has 0 radical (unpaired) electrons. The molecular formula is C16H19NOS. The average molecular weight is 273 g/mol. The van der Waals surface area contributed by atoms with Crippen LogP contribution in [0.4, 0.5) is 5.69 Å². The van der Waals surface area contributed by atoms with Crippen LogP contribution in [0.3, 0.4) is 0 Å². The summed E-state index contributed by atoms with van der Waals surface area (Å²) in [5.74, 6) is 1.57. The fraction of sp³-hybridized carbons (Fsp3) is 0.250. The van der Waals surface area contributed by atoms with Crippen LogP contribution in [0, 0.1) is 6.92 Å². The Morgan fingerprint density at radius 2 is 1.79 bits per heavy atom. The van der Waals surface area contributed by atoms with E-state index in [1.807, 2.05) is 30.3 Å². The molecule has 0 bridgehead atoms. The van der Waals surface area contributed by atoms with Crippen molar-refractivity contribution in [3.8, 4) is 0 Å². The van der Waals surface area contributed by atoms with Gasteiger partial charge in [0.25, 0.3) is 0 Å². The minimum absolute atomic E-state index is 0.504. The normalized spacial score (nSPS) is 12.3. The number of nitrogens with two attached hydrogens (primary N) is 1. The highest BCUT2D eigenvalue weighted by Crippen LogP contribution is 2.25. The maximum Gasteiger partial charge on any atom is 0.0900 e. The Hall–Kier alpha value is -1.45. The summed E-state index contributed by atoms with van der Waals surface area (Å²) in [7, 11) is 0. The fourth-order valence-electron chi connectivity index (χ4n) is 1.96. The van der Waals surface area contributed by atoms with Crippen molar-refractivity contribution >= 4 is 17.4 Å². The lowest BCUT2D eigenvalue weighted by atomic mass is 10.1. The Bertz CT molecular complexity index is 542. The van der Waals surface area contributed by atoms with E-state index in [0.717, 1.165) is 11.3 Å². The molecule has 3 heteroatoms. The molecule has 2 aromatic rings. The third kappa shape index (κ3) is 3.75. The second-order valence-electron chi connectivity index (χ2n) is 4.59. The molecule has 0 aliphatic rings. The number of aliphatic hydroxyl groups is 1. The van der Waals surface area contributed by atoms with Gasteiger partial charge in [0.05, 0.1) is 6.10 Å². The van der Waals surface area contributed by atoms with Gasteiger partial charge in [-0.1, -0.05) is 42.5 Å². The Kier molecular flexibility index (Phi) is 4.88. The zero-order valence-corrected chi connectivity index (χ0v) is 11.9. The molecule has 19 heavy (non-hydrogen) atoms. The quantitative estimate of drug-likeness (QED) is 0.819. The molecule has 2 nitrogen and oxygen atoms in total. The van der Waals surface area contributed by atoms with Crippen LogP contribution < -0.4 is 5.73 Å². The summed E-state index contributed by atoms with van der Waals surface area (Å²) >= 11 is 1.73. The summed E-state index contributed by atoms with van der Waals surface area (Å²) in [6.07, 6.45) is -0.504. The lowest BCUT2D eigenvalue weighted by Gasteiger charge is -2.13. The van der Waals surface area contributed by atoms with Crippen LogP contribution in [0.1, 0.15) is 22.8 Å². The van der Waals surface area contributed by atoms with Gasteiger partial charge in [-0.15, -0.1) is 0 Å². The largest absolute Gasteiger partial charge is 0.398 e. The molecule has 2 rings (SSSR count). The standard InChI is InChI=1S/C16H19NOS/c1-12-6-2-3-7-13(12)10-19-11-16(18)14-8-4-5-9-15(14)17/h2-9,16,18H,10-11,17H2,1H3.